The standard InChI is InChI=1S/C27H18FN3O/c28-21-13-10-19(11-14-21)25-24(26(32)20-7-2-1-3-8-20)23-15-12-18-6-4-5-9-22(18)31(23)27(25,16-29)17-30/h1-15,23-25H. The van der Waals surface area contributed by atoms with Gasteiger partial charge in [0.15, 0.2) is 5.78 Å². The summed E-state index contributed by atoms with van der Waals surface area (Å²) in [5.41, 5.74) is 1.08. The van der Waals surface area contributed by atoms with E-state index in [-0.39, 0.29) is 5.78 Å². The van der Waals surface area contributed by atoms with Gasteiger partial charge in [0.1, 0.15) is 18.0 Å². The summed E-state index contributed by atoms with van der Waals surface area (Å²) in [6, 6.07) is 26.2. The van der Waals surface area contributed by atoms with Crippen LogP contribution in [0.25, 0.3) is 6.08 Å². The molecule has 0 spiro atoms. The van der Waals surface area contributed by atoms with Crippen LogP contribution in [0.4, 0.5) is 10.1 Å². The Labute approximate surface area is 185 Å². The lowest BCUT2D eigenvalue weighted by atomic mass is 9.72. The summed E-state index contributed by atoms with van der Waals surface area (Å²) in [5.74, 6) is -2.04. The van der Waals surface area contributed by atoms with Crippen molar-refractivity contribution in [3.8, 4) is 12.1 Å². The highest BCUT2D eigenvalue weighted by Crippen LogP contribution is 2.54. The number of rotatable bonds is 3. The van der Waals surface area contributed by atoms with Crippen molar-refractivity contribution in [2.24, 2.45) is 5.92 Å². The molecule has 3 unspecified atom stereocenters. The van der Waals surface area contributed by atoms with Crippen LogP contribution in [0.1, 0.15) is 27.4 Å². The Bertz CT molecular complexity index is 1290. The lowest BCUT2D eigenvalue weighted by Gasteiger charge is -2.37. The van der Waals surface area contributed by atoms with E-state index in [1.54, 1.807) is 41.3 Å². The van der Waals surface area contributed by atoms with Gasteiger partial charge in [-0.1, -0.05) is 72.8 Å². The van der Waals surface area contributed by atoms with E-state index in [9.17, 15) is 19.7 Å². The Morgan fingerprint density at radius 3 is 2.25 bits per heavy atom. The van der Waals surface area contributed by atoms with Gasteiger partial charge in [0.2, 0.25) is 5.54 Å². The number of halogens is 1. The van der Waals surface area contributed by atoms with Crippen LogP contribution in [0.3, 0.4) is 0 Å². The molecule has 5 rings (SSSR count). The van der Waals surface area contributed by atoms with E-state index in [4.69, 9.17) is 0 Å². The molecule has 3 aromatic rings. The first-order valence-electron chi connectivity index (χ1n) is 10.3. The molecule has 0 N–H and O–H groups in total. The zero-order valence-corrected chi connectivity index (χ0v) is 17.0. The molecule has 32 heavy (non-hydrogen) atoms. The van der Waals surface area contributed by atoms with Crippen molar-refractivity contribution in [1.82, 2.24) is 0 Å². The molecule has 2 aliphatic rings. The molecular formula is C27H18FN3O. The number of carbonyl (C=O) groups is 1. The van der Waals surface area contributed by atoms with Crippen LogP contribution < -0.4 is 4.90 Å². The molecular weight excluding hydrogens is 401 g/mol. The topological polar surface area (TPSA) is 67.9 Å². The smallest absolute Gasteiger partial charge is 0.223 e. The number of carbonyl (C=O) groups excluding carboxylic acids is 1. The molecule has 0 aromatic heterocycles. The summed E-state index contributed by atoms with van der Waals surface area (Å²) < 4.78 is 13.7. The first kappa shape index (κ1) is 19.7. The van der Waals surface area contributed by atoms with Crippen molar-refractivity contribution in [2.45, 2.75) is 17.5 Å². The monoisotopic (exact) mass is 419 g/mol. The number of hydrogen-bond acceptors (Lipinski definition) is 4. The second-order valence-electron chi connectivity index (χ2n) is 8.05. The summed E-state index contributed by atoms with van der Waals surface area (Å²) >= 11 is 0. The molecule has 154 valence electrons. The number of Topliss-reactive ketones (excluding diaryl/α,β-unsaturated/α-hetero) is 1. The Morgan fingerprint density at radius 2 is 1.56 bits per heavy atom. The fourth-order valence-electron chi connectivity index (χ4n) is 5.10. The minimum absolute atomic E-state index is 0.147. The van der Waals surface area contributed by atoms with Gasteiger partial charge in [0.05, 0.1) is 12.0 Å². The molecule has 2 aliphatic heterocycles. The molecule has 5 heteroatoms. The highest BCUT2D eigenvalue weighted by Gasteiger charge is 2.63. The van der Waals surface area contributed by atoms with Crippen molar-refractivity contribution >= 4 is 17.5 Å². The minimum Gasteiger partial charge on any atom is -0.333 e. The van der Waals surface area contributed by atoms with Crippen molar-refractivity contribution in [2.75, 3.05) is 4.90 Å². The first-order valence-corrected chi connectivity index (χ1v) is 10.3. The van der Waals surface area contributed by atoms with Gasteiger partial charge in [-0.3, -0.25) is 4.79 Å². The van der Waals surface area contributed by atoms with Crippen molar-refractivity contribution in [1.29, 1.82) is 10.5 Å². The third kappa shape index (κ3) is 2.76. The minimum atomic E-state index is -1.64. The second kappa shape index (κ2) is 7.48. The molecule has 3 atom stereocenters. The van der Waals surface area contributed by atoms with Gasteiger partial charge in [0.25, 0.3) is 0 Å². The summed E-state index contributed by atoms with van der Waals surface area (Å²) in [4.78, 5) is 15.6. The molecule has 0 saturated carbocycles. The van der Waals surface area contributed by atoms with Gasteiger partial charge in [0, 0.05) is 17.2 Å². The first-order chi connectivity index (χ1) is 15.6. The van der Waals surface area contributed by atoms with E-state index in [0.29, 0.717) is 11.1 Å². The highest BCUT2D eigenvalue weighted by atomic mass is 19.1. The third-order valence-corrected chi connectivity index (χ3v) is 6.46. The molecule has 4 nitrogen and oxygen atoms in total. The summed E-state index contributed by atoms with van der Waals surface area (Å²) in [6.07, 6.45) is 3.84. The number of para-hydroxylation sites is 1. The molecule has 1 saturated heterocycles. The Kier molecular flexibility index (Phi) is 4.61. The van der Waals surface area contributed by atoms with Gasteiger partial charge in [-0.25, -0.2) is 4.39 Å². The molecule has 1 fully saturated rings. The summed E-state index contributed by atoms with van der Waals surface area (Å²) in [5, 5.41) is 20.8. The predicted octanol–water partition coefficient (Wildman–Crippen LogP) is 5.11. The Morgan fingerprint density at radius 1 is 0.906 bits per heavy atom. The van der Waals surface area contributed by atoms with Crippen LogP contribution in [-0.4, -0.2) is 17.4 Å². The zero-order valence-electron chi connectivity index (χ0n) is 17.0. The van der Waals surface area contributed by atoms with E-state index in [0.717, 1.165) is 11.3 Å². The Hall–Kier alpha value is -4.22. The van der Waals surface area contributed by atoms with Crippen LogP contribution in [0, 0.1) is 34.4 Å². The normalized spacial score (nSPS) is 22.3. The molecule has 0 bridgehead atoms. The van der Waals surface area contributed by atoms with Crippen LogP contribution in [0.5, 0.6) is 0 Å². The molecule has 0 aliphatic carbocycles. The van der Waals surface area contributed by atoms with Gasteiger partial charge in [-0.15, -0.1) is 0 Å². The number of nitriles is 2. The maximum Gasteiger partial charge on any atom is 0.223 e. The van der Waals surface area contributed by atoms with E-state index in [2.05, 4.69) is 12.1 Å². The van der Waals surface area contributed by atoms with Crippen molar-refractivity contribution in [3.05, 3.63) is 107 Å². The zero-order chi connectivity index (χ0) is 22.3. The van der Waals surface area contributed by atoms with Crippen molar-refractivity contribution < 1.29 is 9.18 Å². The van der Waals surface area contributed by atoms with Gasteiger partial charge < -0.3 is 4.90 Å². The number of ketones is 1. The number of nitrogens with zero attached hydrogens (tertiary/aromatic N) is 3. The number of benzene rings is 3. The third-order valence-electron chi connectivity index (χ3n) is 6.46. The quantitative estimate of drug-likeness (QED) is 0.553. The lowest BCUT2D eigenvalue weighted by molar-refractivity contribution is 0.0906. The van der Waals surface area contributed by atoms with E-state index >= 15 is 0 Å². The van der Waals surface area contributed by atoms with Gasteiger partial charge in [-0.05, 0) is 29.3 Å². The predicted molar refractivity (Wildman–Crippen MR) is 119 cm³/mol. The maximum absolute atomic E-state index is 13.8. The van der Waals surface area contributed by atoms with E-state index < -0.39 is 29.2 Å². The molecule has 0 radical (unpaired) electrons. The molecule has 3 aromatic carbocycles. The van der Waals surface area contributed by atoms with E-state index in [1.807, 2.05) is 42.5 Å². The fourth-order valence-corrected chi connectivity index (χ4v) is 5.10. The van der Waals surface area contributed by atoms with Crippen LogP contribution in [0.2, 0.25) is 0 Å². The highest BCUT2D eigenvalue weighted by molar-refractivity contribution is 6.01. The van der Waals surface area contributed by atoms with Gasteiger partial charge in [-0.2, -0.15) is 10.5 Å². The number of hydrogen-bond donors (Lipinski definition) is 0. The van der Waals surface area contributed by atoms with Crippen LogP contribution in [0.15, 0.2) is 84.9 Å². The van der Waals surface area contributed by atoms with Crippen molar-refractivity contribution in [3.63, 3.8) is 0 Å². The lowest BCUT2D eigenvalue weighted by Crippen LogP contribution is -2.48. The number of fused-ring (bicyclic) bond motifs is 3. The summed E-state index contributed by atoms with van der Waals surface area (Å²) in [6.45, 7) is 0. The summed E-state index contributed by atoms with van der Waals surface area (Å²) in [7, 11) is 0. The van der Waals surface area contributed by atoms with Crippen LogP contribution >= 0.6 is 0 Å². The number of anilines is 1. The fraction of sp³-hybridized carbons (Fsp3) is 0.148. The molecule has 0 amide bonds. The van der Waals surface area contributed by atoms with E-state index in [1.165, 1.54) is 12.1 Å². The van der Waals surface area contributed by atoms with Crippen LogP contribution in [-0.2, 0) is 0 Å². The second-order valence-corrected chi connectivity index (χ2v) is 8.05. The van der Waals surface area contributed by atoms with Gasteiger partial charge >= 0.3 is 0 Å². The maximum atomic E-state index is 13.8. The SMILES string of the molecule is N#CC1(C#N)C(c2ccc(F)cc2)C(C(=O)c2ccccc2)C2C=Cc3ccccc3N21. The molecule has 2 heterocycles. The average molecular weight is 419 g/mol. The average Bonchev–Trinajstić information content (AvgIpc) is 3.15. The Balaban J connectivity index is 1.78. The largest absolute Gasteiger partial charge is 0.333 e.